The van der Waals surface area contributed by atoms with Gasteiger partial charge in [-0.1, -0.05) is 17.7 Å². The van der Waals surface area contributed by atoms with Gasteiger partial charge in [-0.2, -0.15) is 0 Å². The van der Waals surface area contributed by atoms with Crippen LogP contribution < -0.4 is 5.32 Å². The fourth-order valence-electron chi connectivity index (χ4n) is 2.75. The highest BCUT2D eigenvalue weighted by Gasteiger charge is 2.20. The normalized spacial score (nSPS) is 11.2. The van der Waals surface area contributed by atoms with E-state index in [2.05, 4.69) is 15.3 Å². The first-order chi connectivity index (χ1) is 12.4. The third kappa shape index (κ3) is 2.79. The number of benzene rings is 1. The Morgan fingerprint density at radius 3 is 2.73 bits per heavy atom. The molecule has 3 aromatic heterocycles. The van der Waals surface area contributed by atoms with Gasteiger partial charge in [-0.3, -0.25) is 10.1 Å². The molecule has 26 heavy (non-hydrogen) atoms. The molecule has 132 valence electrons. The van der Waals surface area contributed by atoms with Crippen LogP contribution in [0.5, 0.6) is 0 Å². The van der Waals surface area contributed by atoms with Gasteiger partial charge in [0.25, 0.3) is 5.91 Å². The topological polar surface area (TPSA) is 73.0 Å². The van der Waals surface area contributed by atoms with E-state index in [0.717, 1.165) is 16.8 Å². The molecule has 4 rings (SSSR count). The van der Waals surface area contributed by atoms with E-state index < -0.39 is 0 Å². The molecule has 0 atom stereocenters. The molecule has 0 aliphatic rings. The van der Waals surface area contributed by atoms with Gasteiger partial charge < -0.3 is 8.98 Å². The van der Waals surface area contributed by atoms with Gasteiger partial charge in [-0.25, -0.2) is 9.97 Å². The molecule has 0 fully saturated rings. The zero-order valence-corrected chi connectivity index (χ0v) is 15.9. The van der Waals surface area contributed by atoms with Crippen LogP contribution in [0.15, 0.2) is 34.7 Å². The Morgan fingerprint density at radius 1 is 1.23 bits per heavy atom. The molecular formula is C18H15ClN4O2S. The number of aryl methyl sites for hydroxylation is 3. The van der Waals surface area contributed by atoms with Crippen LogP contribution in [0.4, 0.5) is 5.95 Å². The van der Waals surface area contributed by atoms with Gasteiger partial charge in [-0.15, -0.1) is 11.3 Å². The summed E-state index contributed by atoms with van der Waals surface area (Å²) in [6.45, 7) is 3.67. The molecule has 0 unspecified atom stereocenters. The summed E-state index contributed by atoms with van der Waals surface area (Å²) < 4.78 is 7.36. The summed E-state index contributed by atoms with van der Waals surface area (Å²) in [4.78, 5) is 22.2. The number of nitrogens with zero attached hydrogens (tertiary/aromatic N) is 3. The van der Waals surface area contributed by atoms with E-state index in [1.165, 1.54) is 11.3 Å². The number of carbonyl (C=O) groups is 1. The third-order valence-electron chi connectivity index (χ3n) is 4.02. The van der Waals surface area contributed by atoms with Crippen molar-refractivity contribution in [1.82, 2.24) is 14.5 Å². The number of hydrogen-bond donors (Lipinski definition) is 1. The van der Waals surface area contributed by atoms with E-state index in [-0.39, 0.29) is 5.91 Å². The molecule has 3 heterocycles. The molecule has 8 heteroatoms. The quantitative estimate of drug-likeness (QED) is 0.548. The zero-order chi connectivity index (χ0) is 18.4. The van der Waals surface area contributed by atoms with E-state index in [9.17, 15) is 4.79 Å². The molecule has 6 nitrogen and oxygen atoms in total. The van der Waals surface area contributed by atoms with Crippen LogP contribution >= 0.6 is 22.9 Å². The Balaban J connectivity index is 1.66. The van der Waals surface area contributed by atoms with Crippen LogP contribution in [0, 0.1) is 13.8 Å². The largest absolute Gasteiger partial charge is 0.459 e. The average Bonchev–Trinajstić information content (AvgIpc) is 3.27. The molecule has 1 amide bonds. The number of para-hydroxylation sites is 1. The zero-order valence-electron chi connectivity index (χ0n) is 14.3. The lowest BCUT2D eigenvalue weighted by Crippen LogP contribution is -2.14. The molecule has 0 aliphatic heterocycles. The highest BCUT2D eigenvalue weighted by Crippen LogP contribution is 2.30. The Bertz CT molecular complexity index is 1140. The first-order valence-electron chi connectivity index (χ1n) is 7.90. The number of fused-ring (bicyclic) bond motifs is 1. The fraction of sp³-hybridized carbons (Fsp3) is 0.167. The number of amides is 1. The van der Waals surface area contributed by atoms with Crippen molar-refractivity contribution in [2.75, 3.05) is 5.32 Å². The summed E-state index contributed by atoms with van der Waals surface area (Å²) in [7, 11) is 1.81. The summed E-state index contributed by atoms with van der Waals surface area (Å²) >= 11 is 7.52. The van der Waals surface area contributed by atoms with Gasteiger partial charge in [0.2, 0.25) is 5.95 Å². The predicted octanol–water partition coefficient (Wildman–Crippen LogP) is 4.81. The minimum Gasteiger partial charge on any atom is -0.459 e. The van der Waals surface area contributed by atoms with Crippen molar-refractivity contribution >= 4 is 45.8 Å². The van der Waals surface area contributed by atoms with Crippen molar-refractivity contribution in [3.63, 3.8) is 0 Å². The number of nitrogens with one attached hydrogen (secondary N) is 1. The van der Waals surface area contributed by atoms with Gasteiger partial charge >= 0.3 is 0 Å². The lowest BCUT2D eigenvalue weighted by Gasteiger charge is -2.04. The highest BCUT2D eigenvalue weighted by atomic mass is 35.5. The van der Waals surface area contributed by atoms with Crippen LogP contribution in [0.25, 0.3) is 21.8 Å². The molecule has 1 aromatic carbocycles. The van der Waals surface area contributed by atoms with E-state index >= 15 is 0 Å². The van der Waals surface area contributed by atoms with Crippen molar-refractivity contribution in [2.24, 2.45) is 7.05 Å². The Morgan fingerprint density at radius 2 is 2.04 bits per heavy atom. The lowest BCUT2D eigenvalue weighted by molar-refractivity contribution is 0.102. The lowest BCUT2D eigenvalue weighted by atomic mass is 10.3. The number of hydrogen-bond acceptors (Lipinski definition) is 5. The highest BCUT2D eigenvalue weighted by molar-refractivity contribution is 7.17. The third-order valence-corrected chi connectivity index (χ3v) is 5.50. The van der Waals surface area contributed by atoms with Gasteiger partial charge in [0, 0.05) is 7.05 Å². The van der Waals surface area contributed by atoms with Crippen LogP contribution in [-0.2, 0) is 7.05 Å². The van der Waals surface area contributed by atoms with E-state index in [1.54, 1.807) is 17.6 Å². The number of halogens is 1. The fourth-order valence-corrected chi connectivity index (χ4v) is 3.97. The number of carbonyl (C=O) groups excluding carboxylic acids is 1. The van der Waals surface area contributed by atoms with Crippen LogP contribution in [0.2, 0.25) is 5.02 Å². The Kier molecular flexibility index (Phi) is 4.05. The standard InChI is InChI=1S/C18H15ClN4O2S/c1-9-7-8-13(25-9)17-20-10(2)15(26-17)16(24)22-18-21-12-6-4-5-11(19)14(12)23(18)3/h4-8H,1-3H3,(H,21,22,24). The van der Waals surface area contributed by atoms with Gasteiger partial charge in [0.1, 0.15) is 10.6 Å². The molecule has 0 radical (unpaired) electrons. The molecule has 4 aromatic rings. The second-order valence-corrected chi connectivity index (χ2v) is 7.31. The summed E-state index contributed by atoms with van der Waals surface area (Å²) in [5.41, 5.74) is 2.15. The number of thiazole rings is 1. The maximum absolute atomic E-state index is 12.7. The second kappa shape index (κ2) is 6.26. The molecule has 0 saturated heterocycles. The molecule has 0 spiro atoms. The minimum atomic E-state index is -0.260. The summed E-state index contributed by atoms with van der Waals surface area (Å²) in [5, 5.41) is 4.11. The van der Waals surface area contributed by atoms with Crippen molar-refractivity contribution in [3.05, 3.63) is 51.7 Å². The number of imidazole rings is 1. The van der Waals surface area contributed by atoms with Gasteiger partial charge in [0.15, 0.2) is 10.8 Å². The molecule has 0 aliphatic carbocycles. The summed E-state index contributed by atoms with van der Waals surface area (Å²) in [6, 6.07) is 9.19. The van der Waals surface area contributed by atoms with Crippen molar-refractivity contribution in [3.8, 4) is 10.8 Å². The van der Waals surface area contributed by atoms with Crippen LogP contribution in [0.3, 0.4) is 0 Å². The van der Waals surface area contributed by atoms with E-state index in [1.807, 2.05) is 38.2 Å². The predicted molar refractivity (Wildman–Crippen MR) is 103 cm³/mol. The van der Waals surface area contributed by atoms with Gasteiger partial charge in [0.05, 0.1) is 21.7 Å². The molecule has 0 bridgehead atoms. The minimum absolute atomic E-state index is 0.260. The number of rotatable bonds is 3. The van der Waals surface area contributed by atoms with Crippen LogP contribution in [0.1, 0.15) is 21.1 Å². The number of aromatic nitrogens is 3. The maximum atomic E-state index is 12.7. The average molecular weight is 387 g/mol. The molecule has 1 N–H and O–H groups in total. The maximum Gasteiger partial charge on any atom is 0.269 e. The van der Waals surface area contributed by atoms with Gasteiger partial charge in [-0.05, 0) is 38.1 Å². The summed E-state index contributed by atoms with van der Waals surface area (Å²) in [6.07, 6.45) is 0. The molecule has 0 saturated carbocycles. The second-order valence-electron chi connectivity index (χ2n) is 5.90. The van der Waals surface area contributed by atoms with E-state index in [0.29, 0.717) is 32.3 Å². The number of furan rings is 1. The summed E-state index contributed by atoms with van der Waals surface area (Å²) in [5.74, 6) is 1.63. The molecular weight excluding hydrogens is 372 g/mol. The van der Waals surface area contributed by atoms with Crippen LogP contribution in [-0.4, -0.2) is 20.4 Å². The Labute approximate surface area is 158 Å². The monoisotopic (exact) mass is 386 g/mol. The first-order valence-corrected chi connectivity index (χ1v) is 9.10. The smallest absolute Gasteiger partial charge is 0.269 e. The van der Waals surface area contributed by atoms with E-state index in [4.69, 9.17) is 16.0 Å². The Hall–Kier alpha value is -2.64. The first kappa shape index (κ1) is 16.8. The number of anilines is 1. The van der Waals surface area contributed by atoms with Crippen molar-refractivity contribution in [1.29, 1.82) is 0 Å². The van der Waals surface area contributed by atoms with Crippen molar-refractivity contribution < 1.29 is 9.21 Å². The SMILES string of the molecule is Cc1ccc(-c2nc(C)c(C(=O)Nc3nc4cccc(Cl)c4n3C)s2)o1. The van der Waals surface area contributed by atoms with Crippen molar-refractivity contribution in [2.45, 2.75) is 13.8 Å².